The Bertz CT molecular complexity index is 545. The molecule has 2 aromatic rings. The van der Waals surface area contributed by atoms with E-state index < -0.39 is 0 Å². The van der Waals surface area contributed by atoms with Gasteiger partial charge in [0, 0.05) is 12.4 Å². The Balaban J connectivity index is 2.17. The minimum Gasteiger partial charge on any atom is -0.482 e. The van der Waals surface area contributed by atoms with Crippen LogP contribution in [0.4, 0.5) is 0 Å². The van der Waals surface area contributed by atoms with Crippen LogP contribution in [0, 0.1) is 6.92 Å². The summed E-state index contributed by atoms with van der Waals surface area (Å²) in [5.41, 5.74) is 2.19. The van der Waals surface area contributed by atoms with E-state index in [1.807, 2.05) is 23.9 Å². The van der Waals surface area contributed by atoms with Gasteiger partial charge in [0.15, 0.2) is 17.4 Å². The maximum Gasteiger partial charge on any atom is 0.181 e. The van der Waals surface area contributed by atoms with Gasteiger partial charge in [0.1, 0.15) is 6.61 Å². The summed E-state index contributed by atoms with van der Waals surface area (Å²) < 4.78 is 7.67. The molecule has 0 radical (unpaired) electrons. The average molecular weight is 215 g/mol. The van der Waals surface area contributed by atoms with Crippen molar-refractivity contribution < 1.29 is 4.74 Å². The molecule has 1 aliphatic heterocycles. The van der Waals surface area contributed by atoms with Gasteiger partial charge < -0.3 is 4.74 Å². The minimum atomic E-state index is 0.523. The molecular formula is C12H13N3O. The standard InChI is InChI=1S/C12H13N3O/c1-3-9-4-10-12(13-5-9)15-6-8(2)14-11(15)7-16-10/h4-6H,3,7H2,1-2H3. The highest BCUT2D eigenvalue weighted by molar-refractivity contribution is 5.45. The van der Waals surface area contributed by atoms with Crippen molar-refractivity contribution in [1.82, 2.24) is 14.5 Å². The molecule has 0 fully saturated rings. The second-order valence-electron chi connectivity index (χ2n) is 3.98. The molecule has 0 N–H and O–H groups in total. The molecule has 82 valence electrons. The highest BCUT2D eigenvalue weighted by Crippen LogP contribution is 2.28. The Hall–Kier alpha value is -1.84. The largest absolute Gasteiger partial charge is 0.482 e. The van der Waals surface area contributed by atoms with E-state index >= 15 is 0 Å². The first-order valence-corrected chi connectivity index (χ1v) is 5.45. The van der Waals surface area contributed by atoms with Gasteiger partial charge in [-0.05, 0) is 25.0 Å². The summed E-state index contributed by atoms with van der Waals surface area (Å²) >= 11 is 0. The number of fused-ring (bicyclic) bond motifs is 3. The van der Waals surface area contributed by atoms with E-state index in [0.29, 0.717) is 6.61 Å². The molecule has 4 heteroatoms. The number of aromatic nitrogens is 3. The second kappa shape index (κ2) is 3.33. The maximum absolute atomic E-state index is 5.66. The monoisotopic (exact) mass is 215 g/mol. The van der Waals surface area contributed by atoms with Gasteiger partial charge in [0.05, 0.1) is 5.69 Å². The van der Waals surface area contributed by atoms with E-state index in [0.717, 1.165) is 29.5 Å². The van der Waals surface area contributed by atoms with Crippen molar-refractivity contribution in [3.63, 3.8) is 0 Å². The van der Waals surface area contributed by atoms with Crippen molar-refractivity contribution in [1.29, 1.82) is 0 Å². The number of hydrogen-bond donors (Lipinski definition) is 0. The van der Waals surface area contributed by atoms with E-state index in [4.69, 9.17) is 4.74 Å². The lowest BCUT2D eigenvalue weighted by atomic mass is 10.2. The summed E-state index contributed by atoms with van der Waals surface area (Å²) in [5.74, 6) is 2.62. The lowest BCUT2D eigenvalue weighted by Gasteiger charge is -2.18. The summed E-state index contributed by atoms with van der Waals surface area (Å²) in [6.45, 7) is 4.61. The van der Waals surface area contributed by atoms with Gasteiger partial charge in [-0.1, -0.05) is 6.92 Å². The van der Waals surface area contributed by atoms with E-state index in [-0.39, 0.29) is 0 Å². The van der Waals surface area contributed by atoms with E-state index in [1.54, 1.807) is 0 Å². The van der Waals surface area contributed by atoms with Crippen molar-refractivity contribution in [2.45, 2.75) is 26.9 Å². The fraction of sp³-hybridized carbons (Fsp3) is 0.333. The molecule has 4 nitrogen and oxygen atoms in total. The number of nitrogens with zero attached hydrogens (tertiary/aromatic N) is 3. The predicted molar refractivity (Wildman–Crippen MR) is 59.8 cm³/mol. The van der Waals surface area contributed by atoms with Crippen molar-refractivity contribution in [2.75, 3.05) is 0 Å². The fourth-order valence-electron chi connectivity index (χ4n) is 1.93. The van der Waals surface area contributed by atoms with Gasteiger partial charge in [-0.3, -0.25) is 4.57 Å². The lowest BCUT2D eigenvalue weighted by Crippen LogP contribution is -2.14. The van der Waals surface area contributed by atoms with Gasteiger partial charge in [-0.2, -0.15) is 0 Å². The van der Waals surface area contributed by atoms with Gasteiger partial charge in [-0.25, -0.2) is 9.97 Å². The van der Waals surface area contributed by atoms with Crippen LogP contribution in [-0.2, 0) is 13.0 Å². The van der Waals surface area contributed by atoms with Crippen molar-refractivity contribution in [3.05, 3.63) is 35.5 Å². The van der Waals surface area contributed by atoms with Crippen LogP contribution in [0.25, 0.3) is 5.82 Å². The van der Waals surface area contributed by atoms with Crippen LogP contribution in [0.3, 0.4) is 0 Å². The summed E-state index contributed by atoms with van der Waals surface area (Å²) in [6, 6.07) is 2.06. The zero-order valence-electron chi connectivity index (χ0n) is 9.40. The molecule has 0 spiro atoms. The van der Waals surface area contributed by atoms with Crippen LogP contribution in [-0.4, -0.2) is 14.5 Å². The minimum absolute atomic E-state index is 0.523. The van der Waals surface area contributed by atoms with Crippen molar-refractivity contribution >= 4 is 0 Å². The van der Waals surface area contributed by atoms with E-state index in [1.165, 1.54) is 5.56 Å². The van der Waals surface area contributed by atoms with Crippen molar-refractivity contribution in [2.24, 2.45) is 0 Å². The molecular weight excluding hydrogens is 202 g/mol. The first-order chi connectivity index (χ1) is 7.78. The summed E-state index contributed by atoms with van der Waals surface area (Å²) in [5, 5.41) is 0. The molecule has 0 aromatic carbocycles. The molecule has 0 aliphatic carbocycles. The molecule has 0 unspecified atom stereocenters. The van der Waals surface area contributed by atoms with Crippen LogP contribution in [0.5, 0.6) is 5.75 Å². The zero-order valence-corrected chi connectivity index (χ0v) is 9.40. The summed E-state index contributed by atoms with van der Waals surface area (Å²) in [7, 11) is 0. The van der Waals surface area contributed by atoms with E-state index in [9.17, 15) is 0 Å². The van der Waals surface area contributed by atoms with Gasteiger partial charge in [0.25, 0.3) is 0 Å². The fourth-order valence-corrected chi connectivity index (χ4v) is 1.93. The molecule has 0 saturated carbocycles. The number of pyridine rings is 1. The molecule has 0 amide bonds. The van der Waals surface area contributed by atoms with Crippen LogP contribution in [0.2, 0.25) is 0 Å². The Morgan fingerprint density at radius 3 is 3.19 bits per heavy atom. The van der Waals surface area contributed by atoms with Gasteiger partial charge >= 0.3 is 0 Å². The SMILES string of the molecule is CCc1cnc2c(c1)OCc1nc(C)cn1-2. The number of hydrogen-bond acceptors (Lipinski definition) is 3. The Labute approximate surface area is 93.9 Å². The van der Waals surface area contributed by atoms with E-state index in [2.05, 4.69) is 23.0 Å². The third kappa shape index (κ3) is 1.30. The third-order valence-electron chi connectivity index (χ3n) is 2.78. The van der Waals surface area contributed by atoms with Gasteiger partial charge in [0.2, 0.25) is 0 Å². The van der Waals surface area contributed by atoms with Crippen LogP contribution < -0.4 is 4.74 Å². The third-order valence-corrected chi connectivity index (χ3v) is 2.78. The second-order valence-corrected chi connectivity index (χ2v) is 3.98. The molecule has 2 aromatic heterocycles. The normalized spacial score (nSPS) is 12.9. The summed E-state index contributed by atoms with van der Waals surface area (Å²) in [4.78, 5) is 8.83. The molecule has 16 heavy (non-hydrogen) atoms. The number of imidazole rings is 1. The number of rotatable bonds is 1. The topological polar surface area (TPSA) is 39.9 Å². The van der Waals surface area contributed by atoms with Crippen LogP contribution in [0.15, 0.2) is 18.5 Å². The number of aryl methyl sites for hydroxylation is 2. The Morgan fingerprint density at radius 1 is 1.50 bits per heavy atom. The summed E-state index contributed by atoms with van der Waals surface area (Å²) in [6.07, 6.45) is 4.86. The van der Waals surface area contributed by atoms with Crippen LogP contribution in [0.1, 0.15) is 24.0 Å². The molecule has 0 saturated heterocycles. The Morgan fingerprint density at radius 2 is 2.38 bits per heavy atom. The quantitative estimate of drug-likeness (QED) is 0.730. The smallest absolute Gasteiger partial charge is 0.181 e. The highest BCUT2D eigenvalue weighted by Gasteiger charge is 2.19. The zero-order chi connectivity index (χ0) is 11.1. The first-order valence-electron chi connectivity index (χ1n) is 5.45. The van der Waals surface area contributed by atoms with Crippen molar-refractivity contribution in [3.8, 4) is 11.6 Å². The molecule has 0 atom stereocenters. The average Bonchev–Trinajstić information content (AvgIpc) is 2.69. The lowest BCUT2D eigenvalue weighted by molar-refractivity contribution is 0.277. The maximum atomic E-state index is 5.66. The molecule has 1 aliphatic rings. The van der Waals surface area contributed by atoms with Crippen LogP contribution >= 0.6 is 0 Å². The Kier molecular flexibility index (Phi) is 1.96. The molecule has 0 bridgehead atoms. The first kappa shape index (κ1) is 9.39. The number of ether oxygens (including phenoxy) is 1. The molecule has 3 heterocycles. The predicted octanol–water partition coefficient (Wildman–Crippen LogP) is 2.03. The molecule has 3 rings (SSSR count). The van der Waals surface area contributed by atoms with Gasteiger partial charge in [-0.15, -0.1) is 0 Å². The highest BCUT2D eigenvalue weighted by atomic mass is 16.5.